The molecule has 0 radical (unpaired) electrons. The fourth-order valence-electron chi connectivity index (χ4n) is 3.11. The molecule has 0 saturated carbocycles. The number of guanidine groups is 1. The number of piperazine rings is 1. The molecule has 1 aliphatic rings. The Bertz CT molecular complexity index is 533. The smallest absolute Gasteiger partial charge is 0.191 e. The summed E-state index contributed by atoms with van der Waals surface area (Å²) in [6.07, 6.45) is 3.02. The highest BCUT2D eigenvalue weighted by Crippen LogP contribution is 2.14. The number of nitrogens with one attached hydrogen (secondary N) is 2. The number of nitrogens with zero attached hydrogens (tertiary/aromatic N) is 4. The fraction of sp³-hybridized carbons (Fsp3) is 0.778. The zero-order chi connectivity index (χ0) is 18.2. The van der Waals surface area contributed by atoms with Gasteiger partial charge in [-0.25, -0.2) is 4.98 Å². The summed E-state index contributed by atoms with van der Waals surface area (Å²) in [4.78, 5) is 15.2. The lowest BCUT2D eigenvalue weighted by molar-refractivity contribution is 0.0900. The van der Waals surface area contributed by atoms with Gasteiger partial charge in [0.25, 0.3) is 0 Å². The van der Waals surface area contributed by atoms with E-state index >= 15 is 0 Å². The van der Waals surface area contributed by atoms with Gasteiger partial charge in [-0.15, -0.1) is 11.3 Å². The van der Waals surface area contributed by atoms with E-state index in [1.165, 1.54) is 4.88 Å². The molecule has 2 rings (SSSR count). The van der Waals surface area contributed by atoms with E-state index in [9.17, 15) is 0 Å². The predicted octanol–water partition coefficient (Wildman–Crippen LogP) is 1.64. The molecule has 2 N–H and O–H groups in total. The molecule has 1 aromatic heterocycles. The van der Waals surface area contributed by atoms with Gasteiger partial charge in [0.05, 0.1) is 6.54 Å². The highest BCUT2D eigenvalue weighted by atomic mass is 32.1. The Morgan fingerprint density at radius 1 is 1.28 bits per heavy atom. The first kappa shape index (κ1) is 20.1. The summed E-state index contributed by atoms with van der Waals surface area (Å²) >= 11 is 1.77. The molecule has 1 fully saturated rings. The molecule has 0 aromatic carbocycles. The molecule has 1 aromatic rings. The summed E-state index contributed by atoms with van der Waals surface area (Å²) in [6, 6.07) is 0.527. The lowest BCUT2D eigenvalue weighted by atomic mass is 10.0. The van der Waals surface area contributed by atoms with Crippen LogP contribution < -0.4 is 10.6 Å². The molecule has 1 saturated heterocycles. The van der Waals surface area contributed by atoms with Crippen molar-refractivity contribution in [3.8, 4) is 0 Å². The predicted molar refractivity (Wildman–Crippen MR) is 107 cm³/mol. The van der Waals surface area contributed by atoms with Crippen molar-refractivity contribution >= 4 is 17.3 Å². The van der Waals surface area contributed by atoms with Gasteiger partial charge in [-0.1, -0.05) is 20.8 Å². The van der Waals surface area contributed by atoms with Crippen LogP contribution in [0.1, 0.15) is 30.7 Å². The number of likely N-dealkylation sites (N-methyl/N-ethyl adjacent to an activating group) is 1. The monoisotopic (exact) mass is 366 g/mol. The minimum absolute atomic E-state index is 0.527. The van der Waals surface area contributed by atoms with Gasteiger partial charge in [0.2, 0.25) is 0 Å². The molecule has 6 nitrogen and oxygen atoms in total. The van der Waals surface area contributed by atoms with Crippen molar-refractivity contribution < 1.29 is 0 Å². The number of aryl methyl sites for hydroxylation is 1. The van der Waals surface area contributed by atoms with E-state index in [2.05, 4.69) is 58.2 Å². The van der Waals surface area contributed by atoms with Gasteiger partial charge in [0.1, 0.15) is 5.01 Å². The first-order valence-electron chi connectivity index (χ1n) is 9.34. The Morgan fingerprint density at radius 3 is 2.56 bits per heavy atom. The van der Waals surface area contributed by atoms with E-state index in [-0.39, 0.29) is 0 Å². The van der Waals surface area contributed by atoms with Gasteiger partial charge in [0, 0.05) is 56.9 Å². The van der Waals surface area contributed by atoms with Crippen molar-refractivity contribution in [2.75, 3.05) is 46.8 Å². The number of hydrogen-bond donors (Lipinski definition) is 2. The van der Waals surface area contributed by atoms with E-state index in [1.807, 2.05) is 13.2 Å². The van der Waals surface area contributed by atoms with Crippen LogP contribution in [-0.2, 0) is 13.0 Å². The van der Waals surface area contributed by atoms with Gasteiger partial charge >= 0.3 is 0 Å². The lowest BCUT2D eigenvalue weighted by Gasteiger charge is -2.40. The Kier molecular flexibility index (Phi) is 8.12. The minimum Gasteiger partial charge on any atom is -0.355 e. The second-order valence-corrected chi connectivity index (χ2v) is 8.23. The molecule has 25 heavy (non-hydrogen) atoms. The number of rotatable bonds is 7. The van der Waals surface area contributed by atoms with Crippen LogP contribution in [0.3, 0.4) is 0 Å². The molecule has 1 aliphatic heterocycles. The van der Waals surface area contributed by atoms with Crippen LogP contribution in [0.5, 0.6) is 0 Å². The van der Waals surface area contributed by atoms with Crippen LogP contribution in [0.4, 0.5) is 0 Å². The lowest BCUT2D eigenvalue weighted by Crippen LogP contribution is -2.55. The van der Waals surface area contributed by atoms with Crippen LogP contribution in [0.15, 0.2) is 11.2 Å². The largest absolute Gasteiger partial charge is 0.355 e. The molecular weight excluding hydrogens is 332 g/mol. The van der Waals surface area contributed by atoms with E-state index in [0.29, 0.717) is 12.0 Å². The third kappa shape index (κ3) is 6.24. The summed E-state index contributed by atoms with van der Waals surface area (Å²) < 4.78 is 0. The molecule has 2 heterocycles. The zero-order valence-electron chi connectivity index (χ0n) is 16.4. The Balaban J connectivity index is 1.82. The average Bonchev–Trinajstić information content (AvgIpc) is 3.07. The number of aliphatic imine (C=N–C) groups is 1. The van der Waals surface area contributed by atoms with Crippen molar-refractivity contribution in [3.05, 3.63) is 16.1 Å². The maximum Gasteiger partial charge on any atom is 0.191 e. The van der Waals surface area contributed by atoms with E-state index < -0.39 is 0 Å². The summed E-state index contributed by atoms with van der Waals surface area (Å²) in [6.45, 7) is 13.0. The second-order valence-electron chi connectivity index (χ2n) is 7.03. The summed E-state index contributed by atoms with van der Waals surface area (Å²) in [5.74, 6) is 1.47. The summed E-state index contributed by atoms with van der Waals surface area (Å²) in [7, 11) is 4.03. The summed E-state index contributed by atoms with van der Waals surface area (Å²) in [5, 5.41) is 8.01. The molecular formula is C18H34N6S. The molecule has 7 heteroatoms. The number of aromatic nitrogens is 1. The van der Waals surface area contributed by atoms with Crippen molar-refractivity contribution in [3.63, 3.8) is 0 Å². The van der Waals surface area contributed by atoms with Crippen LogP contribution in [0.2, 0.25) is 0 Å². The molecule has 142 valence electrons. The molecule has 1 atom stereocenters. The van der Waals surface area contributed by atoms with Gasteiger partial charge in [-0.05, 0) is 19.4 Å². The van der Waals surface area contributed by atoms with Gasteiger partial charge in [0.15, 0.2) is 5.96 Å². The number of thiazole rings is 1. The first-order chi connectivity index (χ1) is 12.0. The molecule has 0 aliphatic carbocycles. The molecule has 1 unspecified atom stereocenters. The Morgan fingerprint density at radius 2 is 2.00 bits per heavy atom. The van der Waals surface area contributed by atoms with Gasteiger partial charge < -0.3 is 15.5 Å². The van der Waals surface area contributed by atoms with Gasteiger partial charge in [-0.2, -0.15) is 0 Å². The third-order valence-corrected chi connectivity index (χ3v) is 5.98. The molecule has 0 amide bonds. The Labute approximate surface area is 156 Å². The third-order valence-electron chi connectivity index (χ3n) is 4.84. The summed E-state index contributed by atoms with van der Waals surface area (Å²) in [5.41, 5.74) is 0. The normalized spacial score (nSPS) is 18.6. The van der Waals surface area contributed by atoms with Crippen molar-refractivity contribution in [1.29, 1.82) is 0 Å². The van der Waals surface area contributed by atoms with Crippen LogP contribution >= 0.6 is 11.3 Å². The maximum absolute atomic E-state index is 4.46. The van der Waals surface area contributed by atoms with Crippen LogP contribution in [0, 0.1) is 5.92 Å². The second kappa shape index (κ2) is 10.1. The maximum atomic E-state index is 4.46. The fourth-order valence-corrected chi connectivity index (χ4v) is 3.92. The van der Waals surface area contributed by atoms with E-state index in [4.69, 9.17) is 0 Å². The van der Waals surface area contributed by atoms with Crippen molar-refractivity contribution in [1.82, 2.24) is 25.4 Å². The topological polar surface area (TPSA) is 55.8 Å². The zero-order valence-corrected chi connectivity index (χ0v) is 17.2. The highest BCUT2D eigenvalue weighted by molar-refractivity contribution is 7.11. The highest BCUT2D eigenvalue weighted by Gasteiger charge is 2.25. The van der Waals surface area contributed by atoms with Crippen LogP contribution in [0.25, 0.3) is 0 Å². The first-order valence-corrected chi connectivity index (χ1v) is 10.2. The van der Waals surface area contributed by atoms with E-state index in [1.54, 1.807) is 11.3 Å². The van der Waals surface area contributed by atoms with E-state index in [0.717, 1.165) is 56.7 Å². The minimum atomic E-state index is 0.527. The molecule has 0 bridgehead atoms. The van der Waals surface area contributed by atoms with Crippen molar-refractivity contribution in [2.45, 2.75) is 39.8 Å². The van der Waals surface area contributed by atoms with Gasteiger partial charge in [-0.3, -0.25) is 9.89 Å². The standard InChI is InChI=1S/C18H34N6S/c1-6-15-11-20-17(25-15)13-22-18(19-4)21-12-16(14(2)3)24-9-7-23(5)8-10-24/h11,14,16H,6-10,12-13H2,1-5H3,(H2,19,21,22). The van der Waals surface area contributed by atoms with Crippen molar-refractivity contribution in [2.24, 2.45) is 10.9 Å². The average molecular weight is 367 g/mol. The Hall–Kier alpha value is -1.18. The van der Waals surface area contributed by atoms with Crippen LogP contribution in [-0.4, -0.2) is 73.6 Å². The SMILES string of the molecule is CCc1cnc(CNC(=NC)NCC(C(C)C)N2CCN(C)CC2)s1. The molecule has 0 spiro atoms. The quantitative estimate of drug-likeness (QED) is 0.568. The number of hydrogen-bond acceptors (Lipinski definition) is 5.